The first-order valence-electron chi connectivity index (χ1n) is 5.04. The summed E-state index contributed by atoms with van der Waals surface area (Å²) in [5, 5.41) is 13.3. The summed E-state index contributed by atoms with van der Waals surface area (Å²) in [5.74, 6) is -1.39. The number of carbonyl (C=O) groups excluding carboxylic acids is 1. The van der Waals surface area contributed by atoms with Crippen molar-refractivity contribution in [1.82, 2.24) is 15.3 Å². The van der Waals surface area contributed by atoms with E-state index in [1.807, 2.05) is 0 Å². The van der Waals surface area contributed by atoms with E-state index in [0.717, 1.165) is 0 Å². The van der Waals surface area contributed by atoms with E-state index in [1.165, 1.54) is 22.9 Å². The van der Waals surface area contributed by atoms with Crippen LogP contribution >= 0.6 is 11.3 Å². The molecule has 0 radical (unpaired) electrons. The summed E-state index contributed by atoms with van der Waals surface area (Å²) < 4.78 is 0. The molecular weight excluding hydrogens is 254 g/mol. The lowest BCUT2D eigenvalue weighted by atomic mass is 10.3. The molecule has 0 spiro atoms. The van der Waals surface area contributed by atoms with Crippen LogP contribution in [-0.4, -0.2) is 27.0 Å². The quantitative estimate of drug-likeness (QED) is 0.863. The predicted molar refractivity (Wildman–Crippen MR) is 64.5 cm³/mol. The highest BCUT2D eigenvalue weighted by molar-refractivity contribution is 7.09. The predicted octanol–water partition coefficient (Wildman–Crippen LogP) is 1.17. The van der Waals surface area contributed by atoms with E-state index in [-0.39, 0.29) is 18.1 Å². The standard InChI is InChI=1S/C11H9N3O3S/c15-10(7-3-1-2-4-12-7)13-5-9-14-8(6-18-9)11(16)17/h1-4,6H,5H2,(H,13,15)(H,16,17). The Morgan fingerprint density at radius 2 is 2.17 bits per heavy atom. The van der Waals surface area contributed by atoms with E-state index in [1.54, 1.807) is 18.2 Å². The Bertz CT molecular complexity index is 568. The fourth-order valence-electron chi connectivity index (χ4n) is 1.23. The van der Waals surface area contributed by atoms with Gasteiger partial charge in [-0.1, -0.05) is 6.07 Å². The van der Waals surface area contributed by atoms with Crippen molar-refractivity contribution in [3.8, 4) is 0 Å². The third-order valence-corrected chi connectivity index (χ3v) is 2.92. The van der Waals surface area contributed by atoms with Crippen molar-refractivity contribution in [3.63, 3.8) is 0 Å². The minimum absolute atomic E-state index is 0.0120. The van der Waals surface area contributed by atoms with Gasteiger partial charge in [0.15, 0.2) is 5.69 Å². The number of aromatic nitrogens is 2. The average molecular weight is 263 g/mol. The molecule has 0 saturated heterocycles. The lowest BCUT2D eigenvalue weighted by molar-refractivity contribution is 0.0691. The highest BCUT2D eigenvalue weighted by atomic mass is 32.1. The molecule has 0 atom stereocenters. The lowest BCUT2D eigenvalue weighted by Crippen LogP contribution is -2.23. The monoisotopic (exact) mass is 263 g/mol. The summed E-state index contributed by atoms with van der Waals surface area (Å²) in [6, 6.07) is 5.03. The van der Waals surface area contributed by atoms with Gasteiger partial charge in [0, 0.05) is 11.6 Å². The molecule has 6 nitrogen and oxygen atoms in total. The van der Waals surface area contributed by atoms with E-state index >= 15 is 0 Å². The summed E-state index contributed by atoms with van der Waals surface area (Å²) in [5.41, 5.74) is 0.301. The molecule has 1 amide bonds. The van der Waals surface area contributed by atoms with Gasteiger partial charge in [0.25, 0.3) is 5.91 Å². The molecule has 0 unspecified atom stereocenters. The number of nitrogens with one attached hydrogen (secondary N) is 1. The van der Waals surface area contributed by atoms with Crippen molar-refractivity contribution in [2.75, 3.05) is 0 Å². The van der Waals surface area contributed by atoms with Crippen LogP contribution in [0.15, 0.2) is 29.8 Å². The molecule has 2 aromatic rings. The second-order valence-electron chi connectivity index (χ2n) is 3.33. The first kappa shape index (κ1) is 12.2. The molecule has 0 aliphatic heterocycles. The van der Waals surface area contributed by atoms with E-state index in [9.17, 15) is 9.59 Å². The number of amides is 1. The van der Waals surface area contributed by atoms with E-state index in [0.29, 0.717) is 10.7 Å². The van der Waals surface area contributed by atoms with Crippen molar-refractivity contribution in [1.29, 1.82) is 0 Å². The minimum Gasteiger partial charge on any atom is -0.476 e. The molecular formula is C11H9N3O3S. The van der Waals surface area contributed by atoms with E-state index in [2.05, 4.69) is 15.3 Å². The van der Waals surface area contributed by atoms with Crippen molar-refractivity contribution in [2.24, 2.45) is 0 Å². The Morgan fingerprint density at radius 1 is 1.33 bits per heavy atom. The molecule has 0 aliphatic rings. The van der Waals surface area contributed by atoms with Crippen LogP contribution in [-0.2, 0) is 6.54 Å². The number of carbonyl (C=O) groups is 2. The second-order valence-corrected chi connectivity index (χ2v) is 4.27. The number of rotatable bonds is 4. The molecule has 0 aromatic carbocycles. The molecule has 0 bridgehead atoms. The van der Waals surface area contributed by atoms with Crippen molar-refractivity contribution in [3.05, 3.63) is 46.2 Å². The number of hydrogen-bond donors (Lipinski definition) is 2. The first-order chi connectivity index (χ1) is 8.66. The van der Waals surface area contributed by atoms with E-state index in [4.69, 9.17) is 5.11 Å². The summed E-state index contributed by atoms with van der Waals surface area (Å²) in [6.45, 7) is 0.188. The molecule has 0 fully saturated rings. The molecule has 2 N–H and O–H groups in total. The van der Waals surface area contributed by atoms with Gasteiger partial charge in [-0.15, -0.1) is 11.3 Å². The van der Waals surface area contributed by atoms with Gasteiger partial charge in [0.2, 0.25) is 0 Å². The van der Waals surface area contributed by atoms with Gasteiger partial charge < -0.3 is 10.4 Å². The zero-order valence-corrected chi connectivity index (χ0v) is 9.98. The third kappa shape index (κ3) is 2.89. The Kier molecular flexibility index (Phi) is 3.63. The smallest absolute Gasteiger partial charge is 0.355 e. The summed E-state index contributed by atoms with van der Waals surface area (Å²) in [4.78, 5) is 30.0. The SMILES string of the molecule is O=C(O)c1csc(CNC(=O)c2ccccn2)n1. The highest BCUT2D eigenvalue weighted by Crippen LogP contribution is 2.09. The molecule has 18 heavy (non-hydrogen) atoms. The van der Waals surface area contributed by atoms with Crippen LogP contribution in [0.4, 0.5) is 0 Å². The molecule has 0 saturated carbocycles. The van der Waals surface area contributed by atoms with Crippen molar-refractivity contribution in [2.45, 2.75) is 6.54 Å². The van der Waals surface area contributed by atoms with Gasteiger partial charge in [0.05, 0.1) is 6.54 Å². The topological polar surface area (TPSA) is 92.2 Å². The van der Waals surface area contributed by atoms with Gasteiger partial charge in [-0.2, -0.15) is 0 Å². The zero-order chi connectivity index (χ0) is 13.0. The van der Waals surface area contributed by atoms with Crippen molar-refractivity contribution >= 4 is 23.2 Å². The number of thiazole rings is 1. The number of carboxylic acid groups (broad SMARTS) is 1. The second kappa shape index (κ2) is 5.37. The minimum atomic E-state index is -1.08. The van der Waals surface area contributed by atoms with Gasteiger partial charge in [-0.3, -0.25) is 9.78 Å². The third-order valence-electron chi connectivity index (χ3n) is 2.07. The number of nitrogens with zero attached hydrogens (tertiary/aromatic N) is 2. The Hall–Kier alpha value is -2.28. The van der Waals surface area contributed by atoms with Gasteiger partial charge in [-0.05, 0) is 12.1 Å². The van der Waals surface area contributed by atoms with Crippen LogP contribution in [0.2, 0.25) is 0 Å². The maximum absolute atomic E-state index is 11.6. The van der Waals surface area contributed by atoms with Crippen LogP contribution in [0.25, 0.3) is 0 Å². The highest BCUT2D eigenvalue weighted by Gasteiger charge is 2.10. The van der Waals surface area contributed by atoms with Crippen LogP contribution < -0.4 is 5.32 Å². The molecule has 2 heterocycles. The van der Waals surface area contributed by atoms with Gasteiger partial charge in [-0.25, -0.2) is 9.78 Å². The van der Waals surface area contributed by atoms with Crippen LogP contribution in [0, 0.1) is 0 Å². The van der Waals surface area contributed by atoms with Crippen LogP contribution in [0.5, 0.6) is 0 Å². The molecule has 0 aliphatic carbocycles. The first-order valence-corrected chi connectivity index (χ1v) is 5.91. The summed E-state index contributed by atoms with van der Waals surface area (Å²) >= 11 is 1.19. The van der Waals surface area contributed by atoms with Gasteiger partial charge in [0.1, 0.15) is 10.7 Å². The Balaban J connectivity index is 1.95. The normalized spacial score (nSPS) is 10.0. The number of carboxylic acids is 1. The number of hydrogen-bond acceptors (Lipinski definition) is 5. The van der Waals surface area contributed by atoms with Gasteiger partial charge >= 0.3 is 5.97 Å². The fourth-order valence-corrected chi connectivity index (χ4v) is 1.94. The maximum atomic E-state index is 11.6. The Morgan fingerprint density at radius 3 is 2.78 bits per heavy atom. The number of pyridine rings is 1. The average Bonchev–Trinajstić information content (AvgIpc) is 2.86. The van der Waals surface area contributed by atoms with Crippen molar-refractivity contribution < 1.29 is 14.7 Å². The van der Waals surface area contributed by atoms with Crippen LogP contribution in [0.3, 0.4) is 0 Å². The zero-order valence-electron chi connectivity index (χ0n) is 9.16. The maximum Gasteiger partial charge on any atom is 0.355 e. The lowest BCUT2D eigenvalue weighted by Gasteiger charge is -2.01. The Labute approximate surface area is 106 Å². The fraction of sp³-hybridized carbons (Fsp3) is 0.0909. The molecule has 2 aromatic heterocycles. The molecule has 2 rings (SSSR count). The molecule has 7 heteroatoms. The number of aromatic carboxylic acids is 1. The largest absolute Gasteiger partial charge is 0.476 e. The summed E-state index contributed by atoms with van der Waals surface area (Å²) in [6.07, 6.45) is 1.53. The van der Waals surface area contributed by atoms with Crippen LogP contribution in [0.1, 0.15) is 26.0 Å². The molecule has 92 valence electrons. The summed E-state index contributed by atoms with van der Waals surface area (Å²) in [7, 11) is 0. The van der Waals surface area contributed by atoms with E-state index < -0.39 is 5.97 Å².